The number of nitrogens with zero attached hydrogens (tertiary/aromatic N) is 1. The summed E-state index contributed by atoms with van der Waals surface area (Å²) in [5.74, 6) is 1.17. The van der Waals surface area contributed by atoms with Crippen LogP contribution in [0.5, 0.6) is 11.5 Å². The third-order valence-electron chi connectivity index (χ3n) is 7.05. The summed E-state index contributed by atoms with van der Waals surface area (Å²) >= 11 is 0. The van der Waals surface area contributed by atoms with Gasteiger partial charge in [0.1, 0.15) is 11.7 Å². The Morgan fingerprint density at radius 3 is 2.96 bits per heavy atom. The van der Waals surface area contributed by atoms with Crippen LogP contribution >= 0.6 is 0 Å². The number of rotatable bonds is 1. The molecule has 1 aromatic rings. The molecule has 2 heterocycles. The number of likely N-dealkylation sites (tertiary alicyclic amines) is 1. The van der Waals surface area contributed by atoms with E-state index >= 15 is 0 Å². The molecule has 4 nitrogen and oxygen atoms in total. The topological polar surface area (TPSA) is 52.9 Å². The fraction of sp³-hybridized carbons (Fsp3) is 0.579. The van der Waals surface area contributed by atoms with Crippen LogP contribution in [0.15, 0.2) is 24.3 Å². The molecule has 5 atom stereocenters. The first-order chi connectivity index (χ1) is 11.0. The number of aromatic hydroxyl groups is 1. The quantitative estimate of drug-likeness (QED) is 0.779. The SMILES string of the molecule is CC[C@@]12Oc3c(O)ccc4c3[C@@]13CCN(C)[C@H](C4)[C@@H]3C=C[C@@H]2O. The van der Waals surface area contributed by atoms with E-state index in [4.69, 9.17) is 4.74 Å². The number of hydrogen-bond acceptors (Lipinski definition) is 4. The molecule has 2 N–H and O–H groups in total. The molecule has 2 aliphatic carbocycles. The van der Waals surface area contributed by atoms with Crippen LogP contribution in [0.25, 0.3) is 0 Å². The molecule has 0 radical (unpaired) electrons. The van der Waals surface area contributed by atoms with Gasteiger partial charge in [-0.1, -0.05) is 25.1 Å². The highest BCUT2D eigenvalue weighted by Gasteiger charge is 2.71. The largest absolute Gasteiger partial charge is 0.504 e. The van der Waals surface area contributed by atoms with Crippen LogP contribution < -0.4 is 4.74 Å². The Labute approximate surface area is 136 Å². The lowest BCUT2D eigenvalue weighted by molar-refractivity contribution is -0.123. The number of benzene rings is 1. The van der Waals surface area contributed by atoms with Crippen molar-refractivity contribution in [2.24, 2.45) is 5.92 Å². The maximum Gasteiger partial charge on any atom is 0.166 e. The lowest BCUT2D eigenvalue weighted by atomic mass is 9.48. The van der Waals surface area contributed by atoms with Crippen LogP contribution in [0.4, 0.5) is 0 Å². The van der Waals surface area contributed by atoms with Crippen LogP contribution in [0.2, 0.25) is 0 Å². The van der Waals surface area contributed by atoms with Gasteiger partial charge < -0.3 is 19.8 Å². The molecule has 122 valence electrons. The average Bonchev–Trinajstić information content (AvgIpc) is 2.87. The highest BCUT2D eigenvalue weighted by atomic mass is 16.5. The summed E-state index contributed by atoms with van der Waals surface area (Å²) in [4.78, 5) is 2.45. The third kappa shape index (κ3) is 1.30. The van der Waals surface area contributed by atoms with Crippen molar-refractivity contribution in [2.75, 3.05) is 13.6 Å². The van der Waals surface area contributed by atoms with Crippen molar-refractivity contribution in [1.82, 2.24) is 4.90 Å². The van der Waals surface area contributed by atoms with Crippen molar-refractivity contribution in [3.8, 4) is 11.5 Å². The Morgan fingerprint density at radius 1 is 1.35 bits per heavy atom. The molecule has 0 saturated carbocycles. The molecule has 5 rings (SSSR count). The molecule has 0 aromatic heterocycles. The number of aliphatic hydroxyl groups is 1. The van der Waals surface area contributed by atoms with E-state index in [1.165, 1.54) is 11.1 Å². The van der Waals surface area contributed by atoms with E-state index in [0.717, 1.165) is 25.8 Å². The van der Waals surface area contributed by atoms with E-state index in [1.54, 1.807) is 6.07 Å². The van der Waals surface area contributed by atoms with Crippen LogP contribution in [-0.4, -0.2) is 46.5 Å². The molecule has 1 aromatic carbocycles. The van der Waals surface area contributed by atoms with Crippen molar-refractivity contribution in [2.45, 2.75) is 49.3 Å². The second-order valence-electron chi connectivity index (χ2n) is 7.62. The molecule has 4 heteroatoms. The smallest absolute Gasteiger partial charge is 0.166 e. The van der Waals surface area contributed by atoms with E-state index in [0.29, 0.717) is 17.7 Å². The van der Waals surface area contributed by atoms with Gasteiger partial charge in [0.25, 0.3) is 0 Å². The molecule has 0 amide bonds. The minimum Gasteiger partial charge on any atom is -0.504 e. The van der Waals surface area contributed by atoms with Crippen molar-refractivity contribution in [3.05, 3.63) is 35.4 Å². The molecule has 2 bridgehead atoms. The number of likely N-dealkylation sites (N-methyl/N-ethyl adjacent to an activating group) is 1. The van der Waals surface area contributed by atoms with E-state index in [9.17, 15) is 10.2 Å². The van der Waals surface area contributed by atoms with E-state index < -0.39 is 11.7 Å². The average molecular weight is 313 g/mol. The second-order valence-corrected chi connectivity index (χ2v) is 7.62. The zero-order chi connectivity index (χ0) is 16.0. The van der Waals surface area contributed by atoms with Crippen LogP contribution in [0.3, 0.4) is 0 Å². The lowest BCUT2D eigenvalue weighted by Gasteiger charge is -2.60. The summed E-state index contributed by atoms with van der Waals surface area (Å²) in [7, 11) is 2.20. The zero-order valence-electron chi connectivity index (χ0n) is 13.6. The molecular weight excluding hydrogens is 290 g/mol. The van der Waals surface area contributed by atoms with E-state index in [2.05, 4.69) is 31.0 Å². The van der Waals surface area contributed by atoms with Crippen molar-refractivity contribution >= 4 is 0 Å². The molecule has 0 unspecified atom stereocenters. The summed E-state index contributed by atoms with van der Waals surface area (Å²) in [5.41, 5.74) is 1.59. The second kappa shape index (κ2) is 4.11. The Bertz CT molecular complexity index is 730. The van der Waals surface area contributed by atoms with Crippen molar-refractivity contribution < 1.29 is 14.9 Å². The zero-order valence-corrected chi connectivity index (χ0v) is 13.6. The van der Waals surface area contributed by atoms with Gasteiger partial charge in [0, 0.05) is 17.5 Å². The van der Waals surface area contributed by atoms with Gasteiger partial charge in [0.05, 0.1) is 5.41 Å². The monoisotopic (exact) mass is 313 g/mol. The third-order valence-corrected chi connectivity index (χ3v) is 7.05. The lowest BCUT2D eigenvalue weighted by Crippen LogP contribution is -2.70. The first-order valence-corrected chi connectivity index (χ1v) is 8.66. The normalized spacial score (nSPS) is 43.2. The summed E-state index contributed by atoms with van der Waals surface area (Å²) in [6, 6.07) is 4.24. The van der Waals surface area contributed by atoms with Crippen LogP contribution in [-0.2, 0) is 11.8 Å². The number of hydrogen-bond donors (Lipinski definition) is 2. The maximum atomic E-state index is 10.9. The number of aliphatic hydroxyl groups excluding tert-OH is 1. The number of phenolic OH excluding ortho intramolecular Hbond substituents is 1. The Kier molecular flexibility index (Phi) is 2.48. The fourth-order valence-electron chi connectivity index (χ4n) is 6.03. The molecule has 1 saturated heterocycles. The van der Waals surface area contributed by atoms with Gasteiger partial charge in [-0.05, 0) is 44.5 Å². The highest BCUT2D eigenvalue weighted by Crippen LogP contribution is 2.67. The van der Waals surface area contributed by atoms with E-state index in [1.807, 2.05) is 6.08 Å². The number of phenols is 1. The Morgan fingerprint density at radius 2 is 2.17 bits per heavy atom. The molecule has 1 spiro atoms. The number of ether oxygens (including phenoxy) is 1. The number of piperidine rings is 1. The van der Waals surface area contributed by atoms with Gasteiger partial charge in [-0.3, -0.25) is 0 Å². The molecule has 2 aliphatic heterocycles. The molecule has 4 aliphatic rings. The van der Waals surface area contributed by atoms with Gasteiger partial charge in [-0.15, -0.1) is 0 Å². The summed E-state index contributed by atoms with van der Waals surface area (Å²) in [5, 5.41) is 21.3. The summed E-state index contributed by atoms with van der Waals surface area (Å²) in [6.45, 7) is 3.10. The molecular formula is C19H23NO3. The minimum atomic E-state index is -0.651. The minimum absolute atomic E-state index is 0.212. The highest BCUT2D eigenvalue weighted by molar-refractivity contribution is 5.63. The Balaban J connectivity index is 1.89. The summed E-state index contributed by atoms with van der Waals surface area (Å²) < 4.78 is 6.42. The Hall–Kier alpha value is -1.52. The van der Waals surface area contributed by atoms with Gasteiger partial charge >= 0.3 is 0 Å². The van der Waals surface area contributed by atoms with Crippen molar-refractivity contribution in [1.29, 1.82) is 0 Å². The first kappa shape index (κ1) is 13.9. The van der Waals surface area contributed by atoms with Gasteiger partial charge in [-0.2, -0.15) is 0 Å². The fourth-order valence-corrected chi connectivity index (χ4v) is 6.03. The standard InChI is InChI=1S/C19H23NO3/c1-3-19-15(22)7-5-12-13-10-11-4-6-14(21)17(23-19)16(11)18(12,19)8-9-20(13)2/h4-7,12-13,15,21-22H,3,8-10H2,1-2H3/t12-,13+,15-,18-,19-/m0/s1. The van der Waals surface area contributed by atoms with Crippen molar-refractivity contribution in [3.63, 3.8) is 0 Å². The van der Waals surface area contributed by atoms with Gasteiger partial charge in [0.2, 0.25) is 0 Å². The first-order valence-electron chi connectivity index (χ1n) is 8.66. The molecule has 23 heavy (non-hydrogen) atoms. The maximum absolute atomic E-state index is 10.9. The van der Waals surface area contributed by atoms with Crippen LogP contribution in [0, 0.1) is 5.92 Å². The van der Waals surface area contributed by atoms with Gasteiger partial charge in [0.15, 0.2) is 11.5 Å². The molecule has 1 fully saturated rings. The van der Waals surface area contributed by atoms with E-state index in [-0.39, 0.29) is 11.2 Å². The summed E-state index contributed by atoms with van der Waals surface area (Å²) in [6.07, 6.45) is 6.18. The van der Waals surface area contributed by atoms with Crippen LogP contribution in [0.1, 0.15) is 30.9 Å². The predicted octanol–water partition coefficient (Wildman–Crippen LogP) is 1.98. The predicted molar refractivity (Wildman–Crippen MR) is 86.8 cm³/mol. The van der Waals surface area contributed by atoms with Gasteiger partial charge in [-0.25, -0.2) is 0 Å².